The van der Waals surface area contributed by atoms with E-state index in [-0.39, 0.29) is 12.0 Å². The Balaban J connectivity index is 2.31. The summed E-state index contributed by atoms with van der Waals surface area (Å²) in [6, 6.07) is -0.106. The molecule has 1 rings (SSSR count). The number of esters is 1. The first-order valence-electron chi connectivity index (χ1n) is 6.97. The van der Waals surface area contributed by atoms with E-state index in [9.17, 15) is 4.79 Å². The van der Waals surface area contributed by atoms with Crippen LogP contribution in [0.2, 0.25) is 0 Å². The molecule has 1 fully saturated rings. The summed E-state index contributed by atoms with van der Waals surface area (Å²) in [5, 5.41) is 0. The summed E-state index contributed by atoms with van der Waals surface area (Å²) < 4.78 is 15.8. The van der Waals surface area contributed by atoms with Crippen LogP contribution in [0.1, 0.15) is 33.6 Å². The van der Waals surface area contributed by atoms with E-state index in [4.69, 9.17) is 14.2 Å². The molecule has 0 aliphatic carbocycles. The van der Waals surface area contributed by atoms with Gasteiger partial charge in [0.15, 0.2) is 0 Å². The fraction of sp³-hybridized carbons (Fsp3) is 0.929. The molecule has 112 valence electrons. The van der Waals surface area contributed by atoms with E-state index in [1.54, 1.807) is 7.11 Å². The maximum Gasteiger partial charge on any atom is 0.323 e. The van der Waals surface area contributed by atoms with Crippen molar-refractivity contribution < 1.29 is 19.0 Å². The van der Waals surface area contributed by atoms with Crippen LogP contribution in [-0.4, -0.2) is 62.5 Å². The maximum absolute atomic E-state index is 12.1. The Morgan fingerprint density at radius 1 is 1.26 bits per heavy atom. The molecule has 1 aliphatic rings. The van der Waals surface area contributed by atoms with Crippen LogP contribution >= 0.6 is 0 Å². The molecule has 0 N–H and O–H groups in total. The van der Waals surface area contributed by atoms with Gasteiger partial charge in [-0.05, 0) is 40.2 Å². The van der Waals surface area contributed by atoms with Crippen molar-refractivity contribution in [1.82, 2.24) is 4.90 Å². The van der Waals surface area contributed by atoms with Crippen LogP contribution < -0.4 is 0 Å². The molecule has 0 unspecified atom stereocenters. The van der Waals surface area contributed by atoms with E-state index in [0.717, 1.165) is 25.9 Å². The van der Waals surface area contributed by atoms with Crippen molar-refractivity contribution in [2.24, 2.45) is 0 Å². The number of likely N-dealkylation sites (tertiary alicyclic amines) is 1. The number of nitrogens with zero attached hydrogens (tertiary/aromatic N) is 1. The maximum atomic E-state index is 12.1. The highest BCUT2D eigenvalue weighted by molar-refractivity contribution is 5.76. The summed E-state index contributed by atoms with van der Waals surface area (Å²) in [4.78, 5) is 14.2. The smallest absolute Gasteiger partial charge is 0.323 e. The van der Waals surface area contributed by atoms with Crippen LogP contribution in [0.15, 0.2) is 0 Å². The third-order valence-corrected chi connectivity index (χ3v) is 3.00. The van der Waals surface area contributed by atoms with Gasteiger partial charge in [-0.25, -0.2) is 0 Å². The van der Waals surface area contributed by atoms with E-state index >= 15 is 0 Å². The molecule has 1 atom stereocenters. The fourth-order valence-corrected chi connectivity index (χ4v) is 2.16. The molecule has 1 saturated heterocycles. The largest absolute Gasteiger partial charge is 0.459 e. The summed E-state index contributed by atoms with van der Waals surface area (Å²) in [6.45, 7) is 9.25. The van der Waals surface area contributed by atoms with E-state index in [1.165, 1.54) is 0 Å². The zero-order valence-electron chi connectivity index (χ0n) is 12.6. The van der Waals surface area contributed by atoms with Crippen molar-refractivity contribution in [3.8, 4) is 0 Å². The Morgan fingerprint density at radius 2 is 2.00 bits per heavy atom. The lowest BCUT2D eigenvalue weighted by Crippen LogP contribution is -2.41. The van der Waals surface area contributed by atoms with E-state index in [2.05, 4.69) is 4.90 Å². The Morgan fingerprint density at radius 3 is 2.63 bits per heavy atom. The lowest BCUT2D eigenvalue weighted by atomic mass is 10.1. The van der Waals surface area contributed by atoms with E-state index in [0.29, 0.717) is 19.8 Å². The van der Waals surface area contributed by atoms with Crippen LogP contribution in [-0.2, 0) is 19.0 Å². The van der Waals surface area contributed by atoms with Crippen molar-refractivity contribution in [3.05, 3.63) is 0 Å². The van der Waals surface area contributed by atoms with Crippen LogP contribution in [0.25, 0.3) is 0 Å². The van der Waals surface area contributed by atoms with Gasteiger partial charge in [-0.1, -0.05) is 0 Å². The lowest BCUT2D eigenvalue weighted by Gasteiger charge is -2.27. The van der Waals surface area contributed by atoms with Crippen molar-refractivity contribution in [3.63, 3.8) is 0 Å². The zero-order valence-corrected chi connectivity index (χ0v) is 12.6. The summed E-state index contributed by atoms with van der Waals surface area (Å²) in [5.74, 6) is -0.109. The van der Waals surface area contributed by atoms with Crippen molar-refractivity contribution in [1.29, 1.82) is 0 Å². The predicted octanol–water partition coefficient (Wildman–Crippen LogP) is 1.46. The number of hydrogen-bond acceptors (Lipinski definition) is 5. The normalized spacial score (nSPS) is 20.7. The van der Waals surface area contributed by atoms with Gasteiger partial charge in [0.2, 0.25) is 0 Å². The molecule has 5 nitrogen and oxygen atoms in total. The number of carbonyl (C=O) groups is 1. The molecule has 19 heavy (non-hydrogen) atoms. The molecule has 0 aromatic heterocycles. The summed E-state index contributed by atoms with van der Waals surface area (Å²) >= 11 is 0. The average Bonchev–Trinajstić information content (AvgIpc) is 2.75. The minimum Gasteiger partial charge on any atom is -0.459 e. The molecule has 0 radical (unpaired) electrons. The molecule has 1 heterocycles. The van der Waals surface area contributed by atoms with Gasteiger partial charge >= 0.3 is 5.97 Å². The van der Waals surface area contributed by atoms with Gasteiger partial charge in [-0.15, -0.1) is 0 Å². The molecule has 0 amide bonds. The highest BCUT2D eigenvalue weighted by atomic mass is 16.6. The molecule has 0 spiro atoms. The monoisotopic (exact) mass is 273 g/mol. The second-order valence-electron chi connectivity index (χ2n) is 5.83. The van der Waals surface area contributed by atoms with Gasteiger partial charge in [0.25, 0.3) is 0 Å². The lowest BCUT2D eigenvalue weighted by molar-refractivity contribution is -0.160. The highest BCUT2D eigenvalue weighted by Gasteiger charge is 2.33. The number of hydrogen-bond donors (Lipinski definition) is 0. The van der Waals surface area contributed by atoms with Crippen molar-refractivity contribution >= 4 is 5.97 Å². The average molecular weight is 273 g/mol. The molecule has 5 heteroatoms. The molecular weight excluding hydrogens is 246 g/mol. The summed E-state index contributed by atoms with van der Waals surface area (Å²) in [5.41, 5.74) is -0.416. The second-order valence-corrected chi connectivity index (χ2v) is 5.83. The second kappa shape index (κ2) is 7.82. The third kappa shape index (κ3) is 6.36. The van der Waals surface area contributed by atoms with Crippen LogP contribution in [0.4, 0.5) is 0 Å². The molecule has 0 aromatic carbocycles. The zero-order chi connectivity index (χ0) is 14.3. The predicted molar refractivity (Wildman–Crippen MR) is 73.1 cm³/mol. The molecular formula is C14H27NO4. The highest BCUT2D eigenvalue weighted by Crippen LogP contribution is 2.20. The quantitative estimate of drug-likeness (QED) is 0.519. The number of carbonyl (C=O) groups excluding carboxylic acids is 1. The van der Waals surface area contributed by atoms with Crippen LogP contribution in [0.5, 0.6) is 0 Å². The van der Waals surface area contributed by atoms with Gasteiger partial charge in [-0.2, -0.15) is 0 Å². The van der Waals surface area contributed by atoms with Gasteiger partial charge in [-0.3, -0.25) is 9.69 Å². The number of ether oxygens (including phenoxy) is 3. The van der Waals surface area contributed by atoms with E-state index in [1.807, 2.05) is 20.8 Å². The molecule has 0 bridgehead atoms. The topological polar surface area (TPSA) is 48.0 Å². The molecule has 1 aliphatic heterocycles. The standard InChI is InChI=1S/C14H27NO4/c1-14(2,3)19-13(16)12-6-5-7-15(12)8-9-18-11-10-17-4/h12H,5-11H2,1-4H3/t12-/m1/s1. The first kappa shape index (κ1) is 16.4. The minimum absolute atomic E-state index is 0.106. The first-order valence-corrected chi connectivity index (χ1v) is 6.97. The minimum atomic E-state index is -0.416. The molecule has 0 aromatic rings. The SMILES string of the molecule is COCCOCCN1CCC[C@@H]1C(=O)OC(C)(C)C. The van der Waals surface area contributed by atoms with Crippen molar-refractivity contribution in [2.45, 2.75) is 45.3 Å². The number of methoxy groups -OCH3 is 1. The Kier molecular flexibility index (Phi) is 6.75. The van der Waals surface area contributed by atoms with Crippen LogP contribution in [0.3, 0.4) is 0 Å². The van der Waals surface area contributed by atoms with Gasteiger partial charge in [0.05, 0.1) is 19.8 Å². The molecule has 0 saturated carbocycles. The summed E-state index contributed by atoms with van der Waals surface area (Å²) in [6.07, 6.45) is 1.93. The Bertz CT molecular complexity index is 275. The third-order valence-electron chi connectivity index (χ3n) is 3.00. The summed E-state index contributed by atoms with van der Waals surface area (Å²) in [7, 11) is 1.66. The van der Waals surface area contributed by atoms with E-state index < -0.39 is 5.60 Å². The van der Waals surface area contributed by atoms with Gasteiger partial charge < -0.3 is 14.2 Å². The fourth-order valence-electron chi connectivity index (χ4n) is 2.16. The van der Waals surface area contributed by atoms with Gasteiger partial charge in [0, 0.05) is 13.7 Å². The Hall–Kier alpha value is -0.650. The Labute approximate surface area is 116 Å². The first-order chi connectivity index (χ1) is 8.94. The number of rotatable bonds is 7. The van der Waals surface area contributed by atoms with Gasteiger partial charge in [0.1, 0.15) is 11.6 Å². The van der Waals surface area contributed by atoms with Crippen LogP contribution in [0, 0.1) is 0 Å². The van der Waals surface area contributed by atoms with Crippen molar-refractivity contribution in [2.75, 3.05) is 40.0 Å².